The zero-order chi connectivity index (χ0) is 14.0. The summed E-state index contributed by atoms with van der Waals surface area (Å²) in [4.78, 5) is 22.9. The van der Waals surface area contributed by atoms with Gasteiger partial charge < -0.3 is 9.47 Å². The zero-order valence-electron chi connectivity index (χ0n) is 11.0. The van der Waals surface area contributed by atoms with E-state index in [1.54, 1.807) is 6.07 Å². The monoisotopic (exact) mass is 258 g/mol. The fourth-order valence-corrected chi connectivity index (χ4v) is 2.05. The molecule has 0 aliphatic rings. The summed E-state index contributed by atoms with van der Waals surface area (Å²) in [6.07, 6.45) is 0. The smallest absolute Gasteiger partial charge is 0.338 e. The minimum Gasteiger partial charge on any atom is -0.465 e. The Bertz CT molecular complexity index is 658. The van der Waals surface area contributed by atoms with Gasteiger partial charge in [-0.3, -0.25) is 4.79 Å². The van der Waals surface area contributed by atoms with Crippen molar-refractivity contribution >= 4 is 22.7 Å². The number of hydrogen-bond donors (Lipinski definition) is 0. The molecule has 0 unspecified atom stereocenters. The fourth-order valence-electron chi connectivity index (χ4n) is 2.05. The predicted molar refractivity (Wildman–Crippen MR) is 71.3 cm³/mol. The van der Waals surface area contributed by atoms with Crippen LogP contribution >= 0.6 is 0 Å². The highest BCUT2D eigenvalue weighted by atomic mass is 16.5. The summed E-state index contributed by atoms with van der Waals surface area (Å²) in [7, 11) is 1.32. The highest BCUT2D eigenvalue weighted by Gasteiger charge is 2.16. The summed E-state index contributed by atoms with van der Waals surface area (Å²) in [5.74, 6) is -0.504. The van der Waals surface area contributed by atoms with E-state index in [4.69, 9.17) is 9.47 Å². The van der Waals surface area contributed by atoms with Crippen molar-refractivity contribution in [2.45, 2.75) is 13.8 Å². The Balaban J connectivity index is 2.75. The molecule has 0 atom stereocenters. The van der Waals surface area contributed by atoms with Gasteiger partial charge in [-0.15, -0.1) is 0 Å². The van der Waals surface area contributed by atoms with Crippen molar-refractivity contribution in [2.24, 2.45) is 0 Å². The third kappa shape index (κ3) is 2.42. The molecule has 0 aliphatic heterocycles. The predicted octanol–water partition coefficient (Wildman–Crippen LogP) is 2.86. The van der Waals surface area contributed by atoms with Crippen LogP contribution in [0.3, 0.4) is 0 Å². The van der Waals surface area contributed by atoms with Crippen molar-refractivity contribution in [1.82, 2.24) is 0 Å². The van der Waals surface area contributed by atoms with Gasteiger partial charge in [-0.2, -0.15) is 0 Å². The lowest BCUT2D eigenvalue weighted by Crippen LogP contribution is -2.07. The third-order valence-electron chi connectivity index (χ3n) is 2.93. The summed E-state index contributed by atoms with van der Waals surface area (Å²) in [5, 5.41) is 1.66. The topological polar surface area (TPSA) is 52.6 Å². The summed E-state index contributed by atoms with van der Waals surface area (Å²) >= 11 is 0. The molecule has 0 heterocycles. The number of aryl methyl sites for hydroxylation is 1. The zero-order valence-corrected chi connectivity index (χ0v) is 11.0. The maximum absolute atomic E-state index is 11.8. The molecule has 0 saturated heterocycles. The van der Waals surface area contributed by atoms with Crippen LogP contribution in [0.15, 0.2) is 30.3 Å². The number of carbonyl (C=O) groups excluding carboxylic acids is 2. The Hall–Kier alpha value is -2.36. The molecule has 0 saturated carbocycles. The molecule has 98 valence electrons. The van der Waals surface area contributed by atoms with Gasteiger partial charge in [0.1, 0.15) is 5.75 Å². The van der Waals surface area contributed by atoms with Crippen molar-refractivity contribution in [1.29, 1.82) is 0 Å². The first-order chi connectivity index (χ1) is 9.04. The third-order valence-corrected chi connectivity index (χ3v) is 2.93. The molecule has 0 radical (unpaired) electrons. The molecule has 0 N–H and O–H groups in total. The second-order valence-corrected chi connectivity index (χ2v) is 4.18. The molecule has 0 spiro atoms. The van der Waals surface area contributed by atoms with Crippen molar-refractivity contribution in [3.05, 3.63) is 41.5 Å². The maximum Gasteiger partial charge on any atom is 0.338 e. The molecule has 2 rings (SSSR count). The van der Waals surface area contributed by atoms with Gasteiger partial charge in [0.05, 0.1) is 12.7 Å². The number of esters is 2. The molecule has 0 aliphatic carbocycles. The minimum atomic E-state index is -0.448. The second kappa shape index (κ2) is 5.10. The second-order valence-electron chi connectivity index (χ2n) is 4.18. The van der Waals surface area contributed by atoms with Crippen LogP contribution in [0.1, 0.15) is 22.8 Å². The highest BCUT2D eigenvalue weighted by Crippen LogP contribution is 2.31. The first kappa shape index (κ1) is 13.1. The summed E-state index contributed by atoms with van der Waals surface area (Å²) in [6.45, 7) is 3.17. The number of carbonyl (C=O) groups is 2. The number of rotatable bonds is 2. The average molecular weight is 258 g/mol. The minimum absolute atomic E-state index is 0.370. The molecule has 4 heteroatoms. The largest absolute Gasteiger partial charge is 0.465 e. The number of hydrogen-bond acceptors (Lipinski definition) is 4. The molecule has 19 heavy (non-hydrogen) atoms. The van der Waals surface area contributed by atoms with Crippen LogP contribution in [0.5, 0.6) is 5.75 Å². The van der Waals surface area contributed by atoms with E-state index >= 15 is 0 Å². The first-order valence-electron chi connectivity index (χ1n) is 5.83. The lowest BCUT2D eigenvalue weighted by molar-refractivity contribution is -0.131. The summed E-state index contributed by atoms with van der Waals surface area (Å²) < 4.78 is 9.92. The van der Waals surface area contributed by atoms with E-state index in [0.717, 1.165) is 16.3 Å². The number of ether oxygens (including phenoxy) is 2. The normalized spacial score (nSPS) is 10.3. The fraction of sp³-hybridized carbons (Fsp3) is 0.200. The van der Waals surface area contributed by atoms with Gasteiger partial charge >= 0.3 is 11.9 Å². The Morgan fingerprint density at radius 3 is 2.32 bits per heavy atom. The molecule has 0 fully saturated rings. The van der Waals surface area contributed by atoms with E-state index in [-0.39, 0.29) is 0 Å². The van der Waals surface area contributed by atoms with Crippen molar-refractivity contribution in [3.63, 3.8) is 0 Å². The van der Waals surface area contributed by atoms with Crippen LogP contribution in [-0.2, 0) is 9.53 Å². The van der Waals surface area contributed by atoms with E-state index in [9.17, 15) is 9.59 Å². The Kier molecular flexibility index (Phi) is 3.51. The maximum atomic E-state index is 11.8. The Morgan fingerprint density at radius 2 is 1.74 bits per heavy atom. The van der Waals surface area contributed by atoms with Gasteiger partial charge in [-0.05, 0) is 23.9 Å². The van der Waals surface area contributed by atoms with Crippen molar-refractivity contribution < 1.29 is 19.1 Å². The van der Waals surface area contributed by atoms with Gasteiger partial charge in [0, 0.05) is 12.3 Å². The van der Waals surface area contributed by atoms with Crippen LogP contribution in [0.25, 0.3) is 10.8 Å². The average Bonchev–Trinajstić information content (AvgIpc) is 2.40. The molecular formula is C15H14O4. The van der Waals surface area contributed by atoms with Gasteiger partial charge in [0.15, 0.2) is 0 Å². The van der Waals surface area contributed by atoms with Gasteiger partial charge in [-0.1, -0.05) is 24.3 Å². The molecule has 0 bridgehead atoms. The van der Waals surface area contributed by atoms with Crippen LogP contribution < -0.4 is 4.74 Å². The van der Waals surface area contributed by atoms with E-state index in [1.807, 2.05) is 31.2 Å². The summed E-state index contributed by atoms with van der Waals surface area (Å²) in [5.41, 5.74) is 1.20. The molecule has 4 nitrogen and oxygen atoms in total. The summed E-state index contributed by atoms with van der Waals surface area (Å²) in [6, 6.07) is 9.00. The van der Waals surface area contributed by atoms with Crippen LogP contribution in [0, 0.1) is 6.92 Å². The quantitative estimate of drug-likeness (QED) is 0.614. The van der Waals surface area contributed by atoms with Crippen LogP contribution in [0.4, 0.5) is 0 Å². The number of benzene rings is 2. The lowest BCUT2D eigenvalue weighted by atomic mass is 9.99. The molecule has 2 aromatic rings. The highest BCUT2D eigenvalue weighted by molar-refractivity contribution is 6.02. The first-order valence-corrected chi connectivity index (χ1v) is 5.83. The van der Waals surface area contributed by atoms with E-state index in [2.05, 4.69) is 0 Å². The van der Waals surface area contributed by atoms with Gasteiger partial charge in [0.25, 0.3) is 0 Å². The SMILES string of the molecule is COC(=O)c1cc(OC(C)=O)c2ccccc2c1C. The number of fused-ring (bicyclic) bond motifs is 1. The van der Waals surface area contributed by atoms with Crippen LogP contribution in [-0.4, -0.2) is 19.0 Å². The van der Waals surface area contributed by atoms with Crippen LogP contribution in [0.2, 0.25) is 0 Å². The number of methoxy groups -OCH3 is 1. The van der Waals surface area contributed by atoms with Gasteiger partial charge in [-0.25, -0.2) is 4.79 Å². The molecular weight excluding hydrogens is 244 g/mol. The standard InChI is InChI=1S/C15H14O4/c1-9-11-6-4-5-7-12(11)14(19-10(2)16)8-13(9)15(17)18-3/h4-8H,1-3H3. The van der Waals surface area contributed by atoms with E-state index in [0.29, 0.717) is 11.3 Å². The van der Waals surface area contributed by atoms with Crippen molar-refractivity contribution in [2.75, 3.05) is 7.11 Å². The van der Waals surface area contributed by atoms with E-state index < -0.39 is 11.9 Å². The molecule has 2 aromatic carbocycles. The van der Waals surface area contributed by atoms with Crippen molar-refractivity contribution in [3.8, 4) is 5.75 Å². The molecule has 0 aromatic heterocycles. The Labute approximate surface area is 110 Å². The Morgan fingerprint density at radius 1 is 1.11 bits per heavy atom. The van der Waals surface area contributed by atoms with Gasteiger partial charge in [0.2, 0.25) is 0 Å². The molecule has 0 amide bonds. The lowest BCUT2D eigenvalue weighted by Gasteiger charge is -2.12. The van der Waals surface area contributed by atoms with E-state index in [1.165, 1.54) is 14.0 Å².